The minimum absolute atomic E-state index is 0.0557. The molecule has 0 saturated heterocycles. The van der Waals surface area contributed by atoms with E-state index in [0.29, 0.717) is 0 Å². The number of sulfonamides is 1. The Labute approximate surface area is 120 Å². The molecule has 1 rings (SSSR count). The largest absolute Gasteiger partial charge is 0.480 e. The first kappa shape index (κ1) is 16.2. The molecule has 2 N–H and O–H groups in total. The van der Waals surface area contributed by atoms with Gasteiger partial charge in [0.25, 0.3) is 0 Å². The quantitative estimate of drug-likeness (QED) is 0.738. The minimum Gasteiger partial charge on any atom is -0.480 e. The standard InChI is InChI=1S/C10H11Cl2NO5S/c11-7-3-8(12)5-9(4-7)19(16,17)13-1-2-18-6-10(14)15/h3-5,13H,1-2,6H2,(H,14,15). The monoisotopic (exact) mass is 327 g/mol. The van der Waals surface area contributed by atoms with Gasteiger partial charge in [-0.05, 0) is 18.2 Å². The number of rotatable bonds is 7. The van der Waals surface area contributed by atoms with Crippen LogP contribution < -0.4 is 4.72 Å². The number of hydrogen-bond acceptors (Lipinski definition) is 4. The highest BCUT2D eigenvalue weighted by Gasteiger charge is 2.14. The van der Waals surface area contributed by atoms with Crippen molar-refractivity contribution in [1.82, 2.24) is 4.72 Å². The predicted molar refractivity (Wildman–Crippen MR) is 70.1 cm³/mol. The molecule has 6 nitrogen and oxygen atoms in total. The van der Waals surface area contributed by atoms with Crippen molar-refractivity contribution in [1.29, 1.82) is 0 Å². The number of halogens is 2. The first-order chi connectivity index (χ1) is 8.81. The van der Waals surface area contributed by atoms with Gasteiger partial charge in [-0.1, -0.05) is 23.2 Å². The van der Waals surface area contributed by atoms with Gasteiger partial charge in [-0.15, -0.1) is 0 Å². The Balaban J connectivity index is 2.58. The highest BCUT2D eigenvalue weighted by molar-refractivity contribution is 7.89. The summed E-state index contributed by atoms with van der Waals surface area (Å²) in [4.78, 5) is 10.1. The average molecular weight is 328 g/mol. The molecule has 0 aliphatic carbocycles. The van der Waals surface area contributed by atoms with Crippen LogP contribution in [-0.4, -0.2) is 39.3 Å². The van der Waals surface area contributed by atoms with E-state index in [9.17, 15) is 13.2 Å². The van der Waals surface area contributed by atoms with Crippen LogP contribution in [0.4, 0.5) is 0 Å². The number of carboxylic acid groups (broad SMARTS) is 1. The second kappa shape index (κ2) is 7.06. The SMILES string of the molecule is O=C(O)COCCNS(=O)(=O)c1cc(Cl)cc(Cl)c1. The van der Waals surface area contributed by atoms with Crippen LogP contribution in [0.15, 0.2) is 23.1 Å². The van der Waals surface area contributed by atoms with Gasteiger partial charge >= 0.3 is 5.97 Å². The summed E-state index contributed by atoms with van der Waals surface area (Å²) in [7, 11) is -3.75. The molecule has 0 unspecified atom stereocenters. The summed E-state index contributed by atoms with van der Waals surface area (Å²) in [6.45, 7) is -0.593. The van der Waals surface area contributed by atoms with Crippen LogP contribution in [0, 0.1) is 0 Å². The summed E-state index contributed by atoms with van der Waals surface area (Å²) >= 11 is 11.4. The number of benzene rings is 1. The molecule has 0 aliphatic rings. The molecule has 0 fully saturated rings. The summed E-state index contributed by atoms with van der Waals surface area (Å²) in [5.74, 6) is -1.12. The highest BCUT2D eigenvalue weighted by Crippen LogP contribution is 2.21. The van der Waals surface area contributed by atoms with Crippen molar-refractivity contribution in [3.63, 3.8) is 0 Å². The van der Waals surface area contributed by atoms with E-state index >= 15 is 0 Å². The fraction of sp³-hybridized carbons (Fsp3) is 0.300. The van der Waals surface area contributed by atoms with Gasteiger partial charge in [-0.2, -0.15) is 0 Å². The Morgan fingerprint density at radius 3 is 2.37 bits per heavy atom. The minimum atomic E-state index is -3.75. The maximum absolute atomic E-state index is 11.8. The van der Waals surface area contributed by atoms with Crippen molar-refractivity contribution in [2.45, 2.75) is 4.90 Å². The fourth-order valence-corrected chi connectivity index (χ4v) is 2.91. The van der Waals surface area contributed by atoms with Crippen LogP contribution in [0.25, 0.3) is 0 Å². The van der Waals surface area contributed by atoms with E-state index in [2.05, 4.69) is 4.72 Å². The summed E-state index contributed by atoms with van der Waals surface area (Å²) in [6, 6.07) is 3.93. The van der Waals surface area contributed by atoms with Crippen LogP contribution in [0.2, 0.25) is 10.0 Å². The lowest BCUT2D eigenvalue weighted by Crippen LogP contribution is -2.28. The van der Waals surface area contributed by atoms with E-state index in [4.69, 9.17) is 33.0 Å². The Hall–Kier alpha value is -0.860. The van der Waals surface area contributed by atoms with Gasteiger partial charge in [-0.25, -0.2) is 17.9 Å². The molecule has 106 valence electrons. The average Bonchev–Trinajstić information content (AvgIpc) is 2.26. The van der Waals surface area contributed by atoms with E-state index in [1.165, 1.54) is 18.2 Å². The molecule has 0 radical (unpaired) electrons. The summed E-state index contributed by atoms with van der Waals surface area (Å²) in [5.41, 5.74) is 0. The van der Waals surface area contributed by atoms with Crippen LogP contribution >= 0.6 is 23.2 Å². The highest BCUT2D eigenvalue weighted by atomic mass is 35.5. The molecule has 0 bridgehead atoms. The Bertz CT molecular complexity index is 541. The number of carbonyl (C=O) groups is 1. The third kappa shape index (κ3) is 5.75. The first-order valence-electron chi connectivity index (χ1n) is 5.06. The zero-order valence-electron chi connectivity index (χ0n) is 9.60. The maximum Gasteiger partial charge on any atom is 0.329 e. The van der Waals surface area contributed by atoms with Crippen molar-refractivity contribution in [2.24, 2.45) is 0 Å². The molecule has 0 aromatic heterocycles. The fourth-order valence-electron chi connectivity index (χ4n) is 1.17. The van der Waals surface area contributed by atoms with E-state index in [1.807, 2.05) is 0 Å². The molecular weight excluding hydrogens is 317 g/mol. The van der Waals surface area contributed by atoms with E-state index in [0.717, 1.165) is 0 Å². The van der Waals surface area contributed by atoms with Crippen molar-refractivity contribution in [3.8, 4) is 0 Å². The topological polar surface area (TPSA) is 92.7 Å². The van der Waals surface area contributed by atoms with Gasteiger partial charge in [-0.3, -0.25) is 0 Å². The smallest absolute Gasteiger partial charge is 0.329 e. The Morgan fingerprint density at radius 1 is 1.26 bits per heavy atom. The molecular formula is C10H11Cl2NO5S. The molecule has 1 aromatic rings. The van der Waals surface area contributed by atoms with Gasteiger partial charge in [0.15, 0.2) is 0 Å². The molecule has 0 aliphatic heterocycles. The Kier molecular flexibility index (Phi) is 6.02. The second-order valence-electron chi connectivity index (χ2n) is 3.45. The maximum atomic E-state index is 11.8. The Morgan fingerprint density at radius 2 is 1.84 bits per heavy atom. The lowest BCUT2D eigenvalue weighted by molar-refractivity contribution is -0.142. The first-order valence-corrected chi connectivity index (χ1v) is 7.30. The van der Waals surface area contributed by atoms with Crippen LogP contribution in [0.3, 0.4) is 0 Å². The number of aliphatic carboxylic acids is 1. The lowest BCUT2D eigenvalue weighted by atomic mass is 10.4. The third-order valence-corrected chi connectivity index (χ3v) is 3.79. The lowest BCUT2D eigenvalue weighted by Gasteiger charge is -2.07. The number of nitrogens with one attached hydrogen (secondary N) is 1. The van der Waals surface area contributed by atoms with E-state index in [1.54, 1.807) is 0 Å². The molecule has 0 saturated carbocycles. The van der Waals surface area contributed by atoms with Crippen LogP contribution in [-0.2, 0) is 19.6 Å². The molecule has 0 atom stereocenters. The van der Waals surface area contributed by atoms with Crippen LogP contribution in [0.1, 0.15) is 0 Å². The summed E-state index contributed by atoms with van der Waals surface area (Å²) in [5, 5.41) is 8.73. The molecule has 1 aromatic carbocycles. The zero-order chi connectivity index (χ0) is 14.5. The van der Waals surface area contributed by atoms with Crippen LogP contribution in [0.5, 0.6) is 0 Å². The molecule has 0 spiro atoms. The molecule has 0 heterocycles. The van der Waals surface area contributed by atoms with Crippen molar-refractivity contribution < 1.29 is 23.1 Å². The van der Waals surface area contributed by atoms with Gasteiger partial charge in [0, 0.05) is 16.6 Å². The van der Waals surface area contributed by atoms with Gasteiger partial charge in [0.05, 0.1) is 11.5 Å². The number of carboxylic acids is 1. The van der Waals surface area contributed by atoms with Gasteiger partial charge in [0.2, 0.25) is 10.0 Å². The van der Waals surface area contributed by atoms with E-state index in [-0.39, 0.29) is 28.1 Å². The molecule has 9 heteroatoms. The van der Waals surface area contributed by atoms with Gasteiger partial charge < -0.3 is 9.84 Å². The summed E-state index contributed by atoms with van der Waals surface area (Å²) in [6.07, 6.45) is 0. The van der Waals surface area contributed by atoms with Crippen molar-refractivity contribution in [2.75, 3.05) is 19.8 Å². The predicted octanol–water partition coefficient (Wildman–Crippen LogP) is 1.37. The number of hydrogen-bond donors (Lipinski definition) is 2. The zero-order valence-corrected chi connectivity index (χ0v) is 11.9. The number of ether oxygens (including phenoxy) is 1. The van der Waals surface area contributed by atoms with E-state index < -0.39 is 22.6 Å². The van der Waals surface area contributed by atoms with Crippen molar-refractivity contribution >= 4 is 39.2 Å². The van der Waals surface area contributed by atoms with Gasteiger partial charge in [0.1, 0.15) is 6.61 Å². The third-order valence-electron chi connectivity index (χ3n) is 1.91. The molecule has 0 amide bonds. The summed E-state index contributed by atoms with van der Waals surface area (Å²) < 4.78 is 30.6. The normalized spacial score (nSPS) is 11.5. The molecule has 19 heavy (non-hydrogen) atoms. The second-order valence-corrected chi connectivity index (χ2v) is 6.09. The van der Waals surface area contributed by atoms with Crippen molar-refractivity contribution in [3.05, 3.63) is 28.2 Å².